The average Bonchev–Trinajstić information content (AvgIpc) is 2.51. The van der Waals surface area contributed by atoms with Crippen molar-refractivity contribution in [1.29, 1.82) is 0 Å². The molecule has 2 amide bonds. The van der Waals surface area contributed by atoms with Gasteiger partial charge in [0.1, 0.15) is 11.6 Å². The molecule has 0 unspecified atom stereocenters. The van der Waals surface area contributed by atoms with Crippen LogP contribution in [-0.2, 0) is 9.53 Å². The summed E-state index contributed by atoms with van der Waals surface area (Å²) in [5.41, 5.74) is 0.555. The van der Waals surface area contributed by atoms with Gasteiger partial charge < -0.3 is 15.2 Å². The second-order valence-electron chi connectivity index (χ2n) is 7.17. The predicted molar refractivity (Wildman–Crippen MR) is 99.5 cm³/mol. The van der Waals surface area contributed by atoms with Gasteiger partial charge in [0.2, 0.25) is 5.91 Å². The zero-order valence-electron chi connectivity index (χ0n) is 16.3. The van der Waals surface area contributed by atoms with Gasteiger partial charge in [0.05, 0.1) is 5.56 Å². The Labute approximate surface area is 154 Å². The zero-order chi connectivity index (χ0) is 20.1. The quantitative estimate of drug-likeness (QED) is 0.803. The number of carboxylic acid groups (broad SMARTS) is 1. The van der Waals surface area contributed by atoms with E-state index >= 15 is 0 Å². The van der Waals surface area contributed by atoms with Crippen LogP contribution in [0.15, 0.2) is 18.2 Å². The Morgan fingerprint density at radius 3 is 2.38 bits per heavy atom. The lowest BCUT2D eigenvalue weighted by Gasteiger charge is -2.31. The second kappa shape index (κ2) is 8.69. The molecule has 2 N–H and O–H groups in total. The van der Waals surface area contributed by atoms with Crippen molar-refractivity contribution in [2.75, 3.05) is 11.9 Å². The first kappa shape index (κ1) is 21.5. The monoisotopic (exact) mass is 364 g/mol. The van der Waals surface area contributed by atoms with E-state index in [2.05, 4.69) is 5.32 Å². The van der Waals surface area contributed by atoms with Gasteiger partial charge in [0, 0.05) is 12.2 Å². The molecule has 7 nitrogen and oxygen atoms in total. The van der Waals surface area contributed by atoms with Crippen molar-refractivity contribution in [2.24, 2.45) is 0 Å². The number of aromatic carboxylic acids is 1. The minimum absolute atomic E-state index is 0.0797. The van der Waals surface area contributed by atoms with Gasteiger partial charge in [-0.15, -0.1) is 0 Å². The molecule has 1 atom stereocenters. The van der Waals surface area contributed by atoms with E-state index in [4.69, 9.17) is 9.84 Å². The summed E-state index contributed by atoms with van der Waals surface area (Å²) < 4.78 is 5.38. The van der Waals surface area contributed by atoms with E-state index in [1.807, 2.05) is 6.92 Å². The summed E-state index contributed by atoms with van der Waals surface area (Å²) in [7, 11) is 0. The van der Waals surface area contributed by atoms with Crippen molar-refractivity contribution in [1.82, 2.24) is 4.90 Å². The van der Waals surface area contributed by atoms with Crippen molar-refractivity contribution >= 4 is 23.7 Å². The summed E-state index contributed by atoms with van der Waals surface area (Å²) in [4.78, 5) is 37.5. The number of anilines is 1. The molecule has 0 heterocycles. The number of benzene rings is 1. The second-order valence-corrected chi connectivity index (χ2v) is 7.17. The molecule has 1 rings (SSSR count). The van der Waals surface area contributed by atoms with Gasteiger partial charge in [-0.25, -0.2) is 9.59 Å². The third-order valence-corrected chi connectivity index (χ3v) is 3.68. The predicted octanol–water partition coefficient (Wildman–Crippen LogP) is 3.67. The lowest BCUT2D eigenvalue weighted by molar-refractivity contribution is -0.120. The summed E-state index contributed by atoms with van der Waals surface area (Å²) in [6.45, 7) is 11.0. The minimum Gasteiger partial charge on any atom is -0.478 e. The maximum atomic E-state index is 12.6. The van der Waals surface area contributed by atoms with Crippen molar-refractivity contribution in [3.05, 3.63) is 29.3 Å². The van der Waals surface area contributed by atoms with Crippen molar-refractivity contribution in [3.63, 3.8) is 0 Å². The van der Waals surface area contributed by atoms with Crippen LogP contribution in [0.1, 0.15) is 57.0 Å². The molecule has 0 aliphatic heterocycles. The molecule has 26 heavy (non-hydrogen) atoms. The Hall–Kier alpha value is -2.57. The van der Waals surface area contributed by atoms with Crippen LogP contribution >= 0.6 is 0 Å². The lowest BCUT2D eigenvalue weighted by Crippen LogP contribution is -2.48. The Bertz CT molecular complexity index is 679. The number of ether oxygens (including phenoxy) is 1. The van der Waals surface area contributed by atoms with E-state index in [0.717, 1.165) is 5.56 Å². The van der Waals surface area contributed by atoms with Gasteiger partial charge in [-0.2, -0.15) is 0 Å². The highest BCUT2D eigenvalue weighted by atomic mass is 16.6. The van der Waals surface area contributed by atoms with Crippen LogP contribution in [0, 0.1) is 6.92 Å². The SMILES string of the molecule is CCCN(C(=O)OC(C)(C)C)[C@@H](C)C(=O)Nc1cc(C(=O)O)ccc1C. The van der Waals surface area contributed by atoms with Gasteiger partial charge in [-0.05, 0) is 58.7 Å². The summed E-state index contributed by atoms with van der Waals surface area (Å²) in [6, 6.07) is 3.74. The Morgan fingerprint density at radius 2 is 1.88 bits per heavy atom. The van der Waals surface area contributed by atoms with Crippen LogP contribution in [0.5, 0.6) is 0 Å². The van der Waals surface area contributed by atoms with Crippen molar-refractivity contribution in [2.45, 2.75) is 59.6 Å². The number of carbonyl (C=O) groups is 3. The summed E-state index contributed by atoms with van der Waals surface area (Å²) >= 11 is 0. The van der Waals surface area contributed by atoms with Crippen LogP contribution in [-0.4, -0.2) is 46.2 Å². The molecular formula is C19H28N2O5. The Morgan fingerprint density at radius 1 is 1.27 bits per heavy atom. The zero-order valence-corrected chi connectivity index (χ0v) is 16.3. The van der Waals surface area contributed by atoms with Gasteiger partial charge >= 0.3 is 12.1 Å². The van der Waals surface area contributed by atoms with Gasteiger partial charge in [-0.3, -0.25) is 9.69 Å². The molecule has 0 fully saturated rings. The van der Waals surface area contributed by atoms with E-state index in [1.165, 1.54) is 17.0 Å². The van der Waals surface area contributed by atoms with Gasteiger partial charge in [-0.1, -0.05) is 13.0 Å². The number of carbonyl (C=O) groups excluding carboxylic acids is 2. The lowest BCUT2D eigenvalue weighted by atomic mass is 10.1. The molecule has 0 aliphatic rings. The van der Waals surface area contributed by atoms with Crippen molar-refractivity contribution in [3.8, 4) is 0 Å². The molecule has 0 bridgehead atoms. The van der Waals surface area contributed by atoms with E-state index < -0.39 is 29.6 Å². The average molecular weight is 364 g/mol. The van der Waals surface area contributed by atoms with Gasteiger partial charge in [0.15, 0.2) is 0 Å². The normalized spacial score (nSPS) is 12.2. The molecule has 1 aromatic carbocycles. The Balaban J connectivity index is 2.97. The summed E-state index contributed by atoms with van der Waals surface area (Å²) in [6.07, 6.45) is 0.114. The number of rotatable bonds is 6. The molecule has 144 valence electrons. The standard InChI is InChI=1S/C19H28N2O5/c1-7-10-21(18(25)26-19(4,5)6)13(3)16(22)20-15-11-14(17(23)24)9-8-12(15)2/h8-9,11,13H,7,10H2,1-6H3,(H,20,22)(H,23,24)/t13-/m0/s1. The molecule has 0 aliphatic carbocycles. The van der Waals surface area contributed by atoms with Crippen LogP contribution in [0.3, 0.4) is 0 Å². The van der Waals surface area contributed by atoms with Gasteiger partial charge in [0.25, 0.3) is 0 Å². The van der Waals surface area contributed by atoms with E-state index in [-0.39, 0.29) is 5.56 Å². The van der Waals surface area contributed by atoms with E-state index in [1.54, 1.807) is 40.7 Å². The molecule has 0 spiro atoms. The number of hydrogen-bond donors (Lipinski definition) is 2. The first-order valence-corrected chi connectivity index (χ1v) is 8.60. The summed E-state index contributed by atoms with van der Waals surface area (Å²) in [5, 5.41) is 11.8. The fourth-order valence-corrected chi connectivity index (χ4v) is 2.27. The first-order chi connectivity index (χ1) is 12.0. The molecular weight excluding hydrogens is 336 g/mol. The fourth-order valence-electron chi connectivity index (χ4n) is 2.27. The number of nitrogens with zero attached hydrogens (tertiary/aromatic N) is 1. The highest BCUT2D eigenvalue weighted by molar-refractivity contribution is 5.98. The van der Waals surface area contributed by atoms with E-state index in [0.29, 0.717) is 18.7 Å². The molecule has 7 heteroatoms. The molecule has 0 saturated heterocycles. The highest BCUT2D eigenvalue weighted by Gasteiger charge is 2.29. The van der Waals surface area contributed by atoms with Crippen LogP contribution in [0.2, 0.25) is 0 Å². The molecule has 0 aromatic heterocycles. The first-order valence-electron chi connectivity index (χ1n) is 8.60. The van der Waals surface area contributed by atoms with Crippen molar-refractivity contribution < 1.29 is 24.2 Å². The third-order valence-electron chi connectivity index (χ3n) is 3.68. The maximum absolute atomic E-state index is 12.6. The Kier molecular flexibility index (Phi) is 7.18. The highest BCUT2D eigenvalue weighted by Crippen LogP contribution is 2.19. The van der Waals surface area contributed by atoms with Crippen LogP contribution in [0.25, 0.3) is 0 Å². The molecule has 1 aromatic rings. The number of nitrogens with one attached hydrogen (secondary N) is 1. The fraction of sp³-hybridized carbons (Fsp3) is 0.526. The molecule has 0 radical (unpaired) electrons. The largest absolute Gasteiger partial charge is 0.478 e. The molecule has 0 saturated carbocycles. The topological polar surface area (TPSA) is 95.9 Å². The maximum Gasteiger partial charge on any atom is 0.410 e. The number of hydrogen-bond acceptors (Lipinski definition) is 4. The minimum atomic E-state index is -1.07. The smallest absolute Gasteiger partial charge is 0.410 e. The van der Waals surface area contributed by atoms with Crippen LogP contribution in [0.4, 0.5) is 10.5 Å². The van der Waals surface area contributed by atoms with Crippen LogP contribution < -0.4 is 5.32 Å². The van der Waals surface area contributed by atoms with E-state index in [9.17, 15) is 14.4 Å². The number of amides is 2. The summed E-state index contributed by atoms with van der Waals surface area (Å²) in [5.74, 6) is -1.48. The number of carboxylic acids is 1. The number of aryl methyl sites for hydroxylation is 1. The third kappa shape index (κ3) is 6.06.